The third-order valence-electron chi connectivity index (χ3n) is 4.84. The summed E-state index contributed by atoms with van der Waals surface area (Å²) in [5.41, 5.74) is 3.89. The first-order valence-electron chi connectivity index (χ1n) is 9.35. The zero-order valence-electron chi connectivity index (χ0n) is 17.0. The minimum atomic E-state index is -3.49. The van der Waals surface area contributed by atoms with Gasteiger partial charge in [0.05, 0.1) is 24.1 Å². The first-order valence-corrected chi connectivity index (χ1v) is 11.2. The van der Waals surface area contributed by atoms with Gasteiger partial charge in [-0.25, -0.2) is 12.8 Å². The van der Waals surface area contributed by atoms with E-state index in [9.17, 15) is 17.6 Å². The first-order chi connectivity index (χ1) is 14.1. The fourth-order valence-corrected chi connectivity index (χ4v) is 3.86. The predicted molar refractivity (Wildman–Crippen MR) is 118 cm³/mol. The van der Waals surface area contributed by atoms with E-state index in [0.717, 1.165) is 16.7 Å². The maximum atomic E-state index is 13.8. The van der Waals surface area contributed by atoms with Gasteiger partial charge in [0.2, 0.25) is 10.0 Å². The van der Waals surface area contributed by atoms with Gasteiger partial charge >= 0.3 is 0 Å². The second-order valence-electron chi connectivity index (χ2n) is 7.17. The molecule has 0 aliphatic heterocycles. The summed E-state index contributed by atoms with van der Waals surface area (Å²) in [5.74, 6) is -1.14. The number of carbonyl (C=O) groups excluding carboxylic acids is 1. The highest BCUT2D eigenvalue weighted by Gasteiger charge is 2.18. The maximum Gasteiger partial charge on any atom is 0.258 e. The average molecular weight is 427 g/mol. The zero-order valence-corrected chi connectivity index (χ0v) is 17.8. The molecule has 0 saturated carbocycles. The predicted octanol–water partition coefficient (Wildman–Crippen LogP) is 4.66. The molecule has 7 heteroatoms. The molecule has 5 nitrogen and oxygen atoms in total. The first kappa shape index (κ1) is 21.5. The molecule has 0 unspecified atom stereocenters. The lowest BCUT2D eigenvalue weighted by Crippen LogP contribution is -2.29. The van der Waals surface area contributed by atoms with E-state index in [1.165, 1.54) is 28.8 Å². The lowest BCUT2D eigenvalue weighted by Gasteiger charge is -2.23. The van der Waals surface area contributed by atoms with Gasteiger partial charge in [-0.05, 0) is 66.9 Å². The van der Waals surface area contributed by atoms with Crippen molar-refractivity contribution in [1.29, 1.82) is 0 Å². The summed E-state index contributed by atoms with van der Waals surface area (Å²) in [6.07, 6.45) is 1.17. The Morgan fingerprint density at radius 2 is 1.63 bits per heavy atom. The van der Waals surface area contributed by atoms with Crippen molar-refractivity contribution in [2.24, 2.45) is 0 Å². The molecule has 0 bridgehead atoms. The molecule has 0 heterocycles. The van der Waals surface area contributed by atoms with E-state index in [4.69, 9.17) is 0 Å². The number of nitrogens with zero attached hydrogens (tertiary/aromatic N) is 1. The Balaban J connectivity index is 1.78. The highest BCUT2D eigenvalue weighted by molar-refractivity contribution is 7.92. The minimum Gasteiger partial charge on any atom is -0.322 e. The molecule has 0 atom stereocenters. The number of hydrogen-bond acceptors (Lipinski definition) is 3. The number of aryl methyl sites for hydroxylation is 2. The summed E-state index contributed by atoms with van der Waals surface area (Å²) in [6.45, 7) is 4.06. The van der Waals surface area contributed by atoms with Crippen LogP contribution in [0.25, 0.3) is 0 Å². The smallest absolute Gasteiger partial charge is 0.258 e. The molecule has 3 aromatic rings. The molecule has 3 rings (SSSR count). The maximum absolute atomic E-state index is 13.8. The molecule has 0 spiro atoms. The lowest BCUT2D eigenvalue weighted by atomic mass is 10.1. The third kappa shape index (κ3) is 5.04. The number of benzene rings is 3. The van der Waals surface area contributed by atoms with Crippen molar-refractivity contribution >= 4 is 27.3 Å². The van der Waals surface area contributed by atoms with Crippen LogP contribution < -0.4 is 9.62 Å². The molecular weight excluding hydrogens is 403 g/mol. The van der Waals surface area contributed by atoms with E-state index in [1.807, 2.05) is 26.0 Å². The van der Waals surface area contributed by atoms with Gasteiger partial charge in [-0.2, -0.15) is 0 Å². The van der Waals surface area contributed by atoms with E-state index < -0.39 is 21.7 Å². The molecule has 1 N–H and O–H groups in total. The quantitative estimate of drug-likeness (QED) is 0.623. The van der Waals surface area contributed by atoms with Crippen LogP contribution in [0.1, 0.15) is 27.0 Å². The highest BCUT2D eigenvalue weighted by atomic mass is 32.2. The zero-order chi connectivity index (χ0) is 21.9. The fourth-order valence-electron chi connectivity index (χ4n) is 2.98. The number of sulfonamides is 1. The van der Waals surface area contributed by atoms with Crippen LogP contribution in [0.5, 0.6) is 0 Å². The van der Waals surface area contributed by atoms with Crippen LogP contribution in [0.15, 0.2) is 66.7 Å². The number of halogens is 1. The Morgan fingerprint density at radius 3 is 2.23 bits per heavy atom. The standard InChI is InChI=1S/C23H23FN2O3S/c1-16-8-13-20(14-17(16)2)26(30(3,28)29)15-18-9-11-19(12-10-18)25-23(27)21-6-4-5-7-22(21)24/h4-14H,15H2,1-3H3,(H,25,27). The number of amides is 1. The second-order valence-corrected chi connectivity index (χ2v) is 9.08. The van der Waals surface area contributed by atoms with Gasteiger partial charge in [0.25, 0.3) is 5.91 Å². The van der Waals surface area contributed by atoms with Crippen LogP contribution in [0.4, 0.5) is 15.8 Å². The summed E-state index contributed by atoms with van der Waals surface area (Å²) in [6, 6.07) is 18.1. The van der Waals surface area contributed by atoms with E-state index >= 15 is 0 Å². The lowest BCUT2D eigenvalue weighted by molar-refractivity contribution is 0.102. The molecule has 156 valence electrons. The van der Waals surface area contributed by atoms with Gasteiger partial charge < -0.3 is 5.32 Å². The number of hydrogen-bond donors (Lipinski definition) is 1. The van der Waals surface area contributed by atoms with Crippen molar-refractivity contribution in [2.75, 3.05) is 15.9 Å². The summed E-state index contributed by atoms with van der Waals surface area (Å²) in [4.78, 5) is 12.2. The Bertz CT molecular complexity index is 1180. The highest BCUT2D eigenvalue weighted by Crippen LogP contribution is 2.24. The van der Waals surface area contributed by atoms with Gasteiger partial charge in [0.15, 0.2) is 0 Å². The summed E-state index contributed by atoms with van der Waals surface area (Å²) in [7, 11) is -3.49. The number of anilines is 2. The summed E-state index contributed by atoms with van der Waals surface area (Å²) >= 11 is 0. The van der Waals surface area contributed by atoms with Crippen molar-refractivity contribution in [2.45, 2.75) is 20.4 Å². The Morgan fingerprint density at radius 1 is 0.967 bits per heavy atom. The molecule has 0 fully saturated rings. The van der Waals surface area contributed by atoms with Gasteiger partial charge in [-0.3, -0.25) is 9.10 Å². The molecule has 0 radical (unpaired) electrons. The van der Waals surface area contributed by atoms with Crippen LogP contribution in [0, 0.1) is 19.7 Å². The molecule has 1 amide bonds. The molecule has 3 aromatic carbocycles. The number of carbonyl (C=O) groups is 1. The Labute approximate surface area is 176 Å². The molecular formula is C23H23FN2O3S. The van der Waals surface area contributed by atoms with Gasteiger partial charge in [-0.1, -0.05) is 30.3 Å². The minimum absolute atomic E-state index is 0.0421. The normalized spacial score (nSPS) is 11.2. The number of nitrogens with one attached hydrogen (secondary N) is 1. The molecule has 0 aliphatic rings. The Kier molecular flexibility index (Phi) is 6.22. The largest absolute Gasteiger partial charge is 0.322 e. The topological polar surface area (TPSA) is 66.5 Å². The Hall–Kier alpha value is -3.19. The molecule has 0 aliphatic carbocycles. The van der Waals surface area contributed by atoms with Crippen LogP contribution in [0.2, 0.25) is 0 Å². The van der Waals surface area contributed by atoms with Gasteiger partial charge in [0.1, 0.15) is 5.82 Å². The van der Waals surface area contributed by atoms with E-state index in [0.29, 0.717) is 11.4 Å². The van der Waals surface area contributed by atoms with Crippen LogP contribution in [-0.2, 0) is 16.6 Å². The molecule has 0 saturated heterocycles. The average Bonchev–Trinajstić information content (AvgIpc) is 2.69. The third-order valence-corrected chi connectivity index (χ3v) is 5.98. The van der Waals surface area contributed by atoms with Crippen molar-refractivity contribution in [3.05, 3.63) is 94.8 Å². The summed E-state index contributed by atoms with van der Waals surface area (Å²) in [5, 5.41) is 2.64. The van der Waals surface area contributed by atoms with Crippen LogP contribution >= 0.6 is 0 Å². The van der Waals surface area contributed by atoms with Gasteiger partial charge in [0, 0.05) is 5.69 Å². The molecule has 30 heavy (non-hydrogen) atoms. The van der Waals surface area contributed by atoms with Crippen molar-refractivity contribution < 1.29 is 17.6 Å². The molecule has 0 aromatic heterocycles. The second kappa shape index (κ2) is 8.67. The van der Waals surface area contributed by atoms with Crippen LogP contribution in [0.3, 0.4) is 0 Å². The van der Waals surface area contributed by atoms with Crippen LogP contribution in [-0.4, -0.2) is 20.6 Å². The van der Waals surface area contributed by atoms with Crippen molar-refractivity contribution in [1.82, 2.24) is 0 Å². The van der Waals surface area contributed by atoms with E-state index in [1.54, 1.807) is 36.4 Å². The van der Waals surface area contributed by atoms with Gasteiger partial charge in [-0.15, -0.1) is 0 Å². The van der Waals surface area contributed by atoms with E-state index in [2.05, 4.69) is 5.32 Å². The van der Waals surface area contributed by atoms with Crippen molar-refractivity contribution in [3.8, 4) is 0 Å². The fraction of sp³-hybridized carbons (Fsp3) is 0.174. The summed E-state index contributed by atoms with van der Waals surface area (Å²) < 4.78 is 39.8. The monoisotopic (exact) mass is 426 g/mol. The number of rotatable bonds is 6. The van der Waals surface area contributed by atoms with E-state index in [-0.39, 0.29) is 12.1 Å². The van der Waals surface area contributed by atoms with Crippen molar-refractivity contribution in [3.63, 3.8) is 0 Å². The SMILES string of the molecule is Cc1ccc(N(Cc2ccc(NC(=O)c3ccccc3F)cc2)S(C)(=O)=O)cc1C.